The van der Waals surface area contributed by atoms with Gasteiger partial charge in [-0.1, -0.05) is 20.8 Å². The van der Waals surface area contributed by atoms with Crippen molar-refractivity contribution in [2.24, 2.45) is 23.2 Å². The molecule has 0 radical (unpaired) electrons. The van der Waals surface area contributed by atoms with E-state index in [-0.39, 0.29) is 12.5 Å². The Morgan fingerprint density at radius 2 is 1.79 bits per heavy atom. The SMILES string of the molecule is CC(C)(C)C1CCC(C(=O)N2CCC(CO)C2)CC1. The van der Waals surface area contributed by atoms with Crippen LogP contribution in [0.1, 0.15) is 52.9 Å². The van der Waals surface area contributed by atoms with Crippen LogP contribution in [-0.4, -0.2) is 35.6 Å². The van der Waals surface area contributed by atoms with Crippen molar-refractivity contribution in [3.63, 3.8) is 0 Å². The Morgan fingerprint density at radius 3 is 2.26 bits per heavy atom. The third-order valence-electron chi connectivity index (χ3n) is 5.16. The van der Waals surface area contributed by atoms with E-state index in [2.05, 4.69) is 20.8 Å². The Bertz CT molecular complexity index is 313. The van der Waals surface area contributed by atoms with Crippen LogP contribution in [0.4, 0.5) is 0 Å². The Balaban J connectivity index is 1.83. The topological polar surface area (TPSA) is 40.5 Å². The van der Waals surface area contributed by atoms with Gasteiger partial charge >= 0.3 is 0 Å². The zero-order valence-corrected chi connectivity index (χ0v) is 12.7. The predicted octanol–water partition coefficient (Wildman–Crippen LogP) is 2.68. The van der Waals surface area contributed by atoms with Gasteiger partial charge < -0.3 is 10.0 Å². The highest BCUT2D eigenvalue weighted by Gasteiger charge is 2.35. The first-order valence-electron chi connectivity index (χ1n) is 7.81. The van der Waals surface area contributed by atoms with E-state index < -0.39 is 0 Å². The predicted molar refractivity (Wildman–Crippen MR) is 76.7 cm³/mol. The molecular weight excluding hydrogens is 238 g/mol. The summed E-state index contributed by atoms with van der Waals surface area (Å²) in [7, 11) is 0. The summed E-state index contributed by atoms with van der Waals surface area (Å²) in [5.74, 6) is 1.68. The van der Waals surface area contributed by atoms with Gasteiger partial charge in [0, 0.05) is 31.5 Å². The van der Waals surface area contributed by atoms with Gasteiger partial charge in [-0.25, -0.2) is 0 Å². The molecule has 2 aliphatic rings. The number of amides is 1. The summed E-state index contributed by atoms with van der Waals surface area (Å²) in [5.41, 5.74) is 0.379. The summed E-state index contributed by atoms with van der Waals surface area (Å²) >= 11 is 0. The number of hydrogen-bond donors (Lipinski definition) is 1. The third-order valence-corrected chi connectivity index (χ3v) is 5.16. The fourth-order valence-electron chi connectivity index (χ4n) is 3.65. The van der Waals surface area contributed by atoms with Crippen LogP contribution in [0.5, 0.6) is 0 Å². The molecular formula is C16H29NO2. The first kappa shape index (κ1) is 14.8. The maximum absolute atomic E-state index is 12.5. The van der Waals surface area contributed by atoms with E-state index in [9.17, 15) is 4.79 Å². The summed E-state index contributed by atoms with van der Waals surface area (Å²) in [6.07, 6.45) is 5.47. The number of nitrogens with zero attached hydrogens (tertiary/aromatic N) is 1. The van der Waals surface area contributed by atoms with Gasteiger partial charge in [0.1, 0.15) is 0 Å². The van der Waals surface area contributed by atoms with Gasteiger partial charge in [0.2, 0.25) is 5.91 Å². The summed E-state index contributed by atoms with van der Waals surface area (Å²) in [6, 6.07) is 0. The number of hydrogen-bond acceptors (Lipinski definition) is 2. The van der Waals surface area contributed by atoms with Crippen molar-refractivity contribution in [2.75, 3.05) is 19.7 Å². The lowest BCUT2D eigenvalue weighted by Gasteiger charge is -2.37. The molecule has 0 aromatic heterocycles. The second kappa shape index (κ2) is 5.82. The molecule has 3 heteroatoms. The number of rotatable bonds is 2. The molecule has 2 fully saturated rings. The number of aliphatic hydroxyl groups is 1. The summed E-state index contributed by atoms with van der Waals surface area (Å²) < 4.78 is 0. The highest BCUT2D eigenvalue weighted by Crippen LogP contribution is 2.40. The van der Waals surface area contributed by atoms with Crippen molar-refractivity contribution in [3.8, 4) is 0 Å². The monoisotopic (exact) mass is 267 g/mol. The van der Waals surface area contributed by atoms with Crippen LogP contribution >= 0.6 is 0 Å². The highest BCUT2D eigenvalue weighted by molar-refractivity contribution is 5.79. The van der Waals surface area contributed by atoms with Crippen LogP contribution < -0.4 is 0 Å². The van der Waals surface area contributed by atoms with Crippen molar-refractivity contribution in [2.45, 2.75) is 52.9 Å². The zero-order valence-electron chi connectivity index (χ0n) is 12.7. The first-order valence-corrected chi connectivity index (χ1v) is 7.81. The fourth-order valence-corrected chi connectivity index (χ4v) is 3.65. The van der Waals surface area contributed by atoms with Crippen LogP contribution in [0.3, 0.4) is 0 Å². The Labute approximate surface area is 117 Å². The summed E-state index contributed by atoms with van der Waals surface area (Å²) in [5, 5.41) is 9.16. The third kappa shape index (κ3) is 3.50. The minimum absolute atomic E-state index is 0.223. The quantitative estimate of drug-likeness (QED) is 0.835. The number of aliphatic hydroxyl groups excluding tert-OH is 1. The molecule has 110 valence electrons. The molecule has 1 atom stereocenters. The van der Waals surface area contributed by atoms with Crippen LogP contribution in [0.2, 0.25) is 0 Å². The van der Waals surface area contributed by atoms with Crippen LogP contribution in [-0.2, 0) is 4.79 Å². The van der Waals surface area contributed by atoms with Crippen molar-refractivity contribution in [3.05, 3.63) is 0 Å². The zero-order chi connectivity index (χ0) is 14.0. The van der Waals surface area contributed by atoms with Gasteiger partial charge in [-0.15, -0.1) is 0 Å². The average molecular weight is 267 g/mol. The lowest BCUT2D eigenvalue weighted by Crippen LogP contribution is -2.37. The number of carbonyl (C=O) groups is 1. The average Bonchev–Trinajstić information content (AvgIpc) is 2.86. The lowest BCUT2D eigenvalue weighted by atomic mass is 9.69. The number of likely N-dealkylation sites (tertiary alicyclic amines) is 1. The molecule has 1 amide bonds. The van der Waals surface area contributed by atoms with E-state index in [1.807, 2.05) is 4.90 Å². The molecule has 0 aromatic carbocycles. The van der Waals surface area contributed by atoms with Crippen LogP contribution in [0.15, 0.2) is 0 Å². The fraction of sp³-hybridized carbons (Fsp3) is 0.938. The maximum Gasteiger partial charge on any atom is 0.225 e. The van der Waals surface area contributed by atoms with Crippen molar-refractivity contribution < 1.29 is 9.90 Å². The van der Waals surface area contributed by atoms with Gasteiger partial charge in [0.15, 0.2) is 0 Å². The summed E-state index contributed by atoms with van der Waals surface area (Å²) in [6.45, 7) is 8.78. The van der Waals surface area contributed by atoms with Crippen molar-refractivity contribution in [1.82, 2.24) is 4.90 Å². The molecule has 1 aliphatic heterocycles. The highest BCUT2D eigenvalue weighted by atomic mass is 16.3. The molecule has 0 spiro atoms. The summed E-state index contributed by atoms with van der Waals surface area (Å²) in [4.78, 5) is 14.5. The second-order valence-corrected chi connectivity index (χ2v) is 7.54. The smallest absolute Gasteiger partial charge is 0.225 e. The molecule has 1 saturated carbocycles. The minimum atomic E-state index is 0.223. The molecule has 1 heterocycles. The van der Waals surface area contributed by atoms with E-state index in [0.29, 0.717) is 17.2 Å². The first-order chi connectivity index (χ1) is 8.91. The van der Waals surface area contributed by atoms with Gasteiger partial charge in [-0.2, -0.15) is 0 Å². The molecule has 1 unspecified atom stereocenters. The molecule has 0 bridgehead atoms. The van der Waals surface area contributed by atoms with E-state index in [1.165, 1.54) is 12.8 Å². The van der Waals surface area contributed by atoms with Gasteiger partial charge in [0.05, 0.1) is 0 Å². The molecule has 3 nitrogen and oxygen atoms in total. The van der Waals surface area contributed by atoms with Crippen molar-refractivity contribution >= 4 is 5.91 Å². The van der Waals surface area contributed by atoms with Gasteiger partial charge in [-0.3, -0.25) is 4.79 Å². The lowest BCUT2D eigenvalue weighted by molar-refractivity contribution is -0.136. The van der Waals surface area contributed by atoms with E-state index in [0.717, 1.165) is 38.3 Å². The number of carbonyl (C=O) groups excluding carboxylic acids is 1. The van der Waals surface area contributed by atoms with Crippen LogP contribution in [0.25, 0.3) is 0 Å². The molecule has 1 saturated heterocycles. The molecule has 2 rings (SSSR count). The maximum atomic E-state index is 12.5. The van der Waals surface area contributed by atoms with Gasteiger partial charge in [0.25, 0.3) is 0 Å². The standard InChI is InChI=1S/C16H29NO2/c1-16(2,3)14-6-4-13(5-7-14)15(19)17-9-8-12(10-17)11-18/h12-14,18H,4-11H2,1-3H3. The Kier molecular flexibility index (Phi) is 4.54. The Morgan fingerprint density at radius 1 is 1.16 bits per heavy atom. The largest absolute Gasteiger partial charge is 0.396 e. The minimum Gasteiger partial charge on any atom is -0.396 e. The van der Waals surface area contributed by atoms with Gasteiger partial charge in [-0.05, 0) is 43.4 Å². The molecule has 0 aromatic rings. The van der Waals surface area contributed by atoms with E-state index in [4.69, 9.17) is 5.11 Å². The molecule has 19 heavy (non-hydrogen) atoms. The second-order valence-electron chi connectivity index (χ2n) is 7.54. The van der Waals surface area contributed by atoms with E-state index >= 15 is 0 Å². The molecule has 1 aliphatic carbocycles. The molecule has 1 N–H and O–H groups in total. The van der Waals surface area contributed by atoms with E-state index in [1.54, 1.807) is 0 Å². The Hall–Kier alpha value is -0.570. The normalized spacial score (nSPS) is 32.6. The van der Waals surface area contributed by atoms with Crippen molar-refractivity contribution in [1.29, 1.82) is 0 Å². The van der Waals surface area contributed by atoms with Crippen LogP contribution in [0, 0.1) is 23.2 Å².